The van der Waals surface area contributed by atoms with E-state index in [-0.39, 0.29) is 18.2 Å². The molecule has 1 aliphatic carbocycles. The first-order valence-corrected chi connectivity index (χ1v) is 7.37. The number of carbonyl (C=O) groups is 2. The van der Waals surface area contributed by atoms with Gasteiger partial charge in [-0.15, -0.1) is 5.10 Å². The van der Waals surface area contributed by atoms with Crippen molar-refractivity contribution in [1.29, 1.82) is 0 Å². The van der Waals surface area contributed by atoms with Crippen LogP contribution in [0.1, 0.15) is 31.4 Å². The number of nitrogens with zero attached hydrogens (tertiary/aromatic N) is 4. The molecule has 2 fully saturated rings. The SMILES string of the molecule is Cn1nncc1CC(=O)N1C[C@@H]2CCCC[C@]2(C(=O)O)C1. The number of carbonyl (C=O) groups excluding carboxylic acids is 1. The standard InChI is InChI=1S/C14H20N4O3/c1-17-11(7-15-16-17)6-12(19)18-8-10-4-2-3-5-14(10,9-18)13(20)21/h7,10H,2-6,8-9H2,1H3,(H,20,21)/t10-,14-/m0/s1. The third kappa shape index (κ3) is 2.30. The monoisotopic (exact) mass is 292 g/mol. The molecule has 114 valence electrons. The van der Waals surface area contributed by atoms with Gasteiger partial charge in [-0.3, -0.25) is 14.3 Å². The summed E-state index contributed by atoms with van der Waals surface area (Å²) in [4.78, 5) is 25.9. The molecule has 0 spiro atoms. The predicted octanol–water partition coefficient (Wildman–Crippen LogP) is 0.461. The maximum atomic E-state index is 12.4. The molecule has 0 unspecified atom stereocenters. The second kappa shape index (κ2) is 5.13. The van der Waals surface area contributed by atoms with Crippen LogP contribution in [0.15, 0.2) is 6.20 Å². The molecule has 0 aromatic carbocycles. The van der Waals surface area contributed by atoms with E-state index in [0.29, 0.717) is 19.5 Å². The topological polar surface area (TPSA) is 88.3 Å². The molecule has 2 heterocycles. The maximum Gasteiger partial charge on any atom is 0.311 e. The van der Waals surface area contributed by atoms with Gasteiger partial charge in [0.2, 0.25) is 5.91 Å². The lowest BCUT2D eigenvalue weighted by Gasteiger charge is -2.34. The van der Waals surface area contributed by atoms with Crippen LogP contribution in [0.4, 0.5) is 0 Å². The molecule has 1 saturated heterocycles. The van der Waals surface area contributed by atoms with Crippen LogP contribution in [0.3, 0.4) is 0 Å². The van der Waals surface area contributed by atoms with Crippen molar-refractivity contribution in [2.24, 2.45) is 18.4 Å². The molecule has 7 heteroatoms. The van der Waals surface area contributed by atoms with Gasteiger partial charge in [-0.25, -0.2) is 0 Å². The Morgan fingerprint density at radius 3 is 2.90 bits per heavy atom. The molecule has 1 aliphatic heterocycles. The molecule has 7 nitrogen and oxygen atoms in total. The number of hydrogen-bond acceptors (Lipinski definition) is 4. The van der Waals surface area contributed by atoms with Crippen LogP contribution in [0, 0.1) is 11.3 Å². The second-order valence-electron chi connectivity index (χ2n) is 6.20. The third-order valence-corrected chi connectivity index (χ3v) is 5.04. The number of rotatable bonds is 3. The summed E-state index contributed by atoms with van der Waals surface area (Å²) in [5.74, 6) is -0.683. The van der Waals surface area contributed by atoms with Crippen LogP contribution in [0.5, 0.6) is 0 Å². The fourth-order valence-corrected chi connectivity index (χ4v) is 3.73. The van der Waals surface area contributed by atoms with Crippen molar-refractivity contribution in [1.82, 2.24) is 19.9 Å². The highest BCUT2D eigenvalue weighted by Crippen LogP contribution is 2.47. The van der Waals surface area contributed by atoms with Crippen LogP contribution in [0.2, 0.25) is 0 Å². The highest BCUT2D eigenvalue weighted by atomic mass is 16.4. The zero-order valence-electron chi connectivity index (χ0n) is 12.2. The first kappa shape index (κ1) is 14.0. The Balaban J connectivity index is 1.74. The van der Waals surface area contributed by atoms with E-state index in [9.17, 15) is 14.7 Å². The van der Waals surface area contributed by atoms with Crippen molar-refractivity contribution in [2.45, 2.75) is 32.1 Å². The number of carboxylic acid groups (broad SMARTS) is 1. The van der Waals surface area contributed by atoms with E-state index in [1.54, 1.807) is 22.8 Å². The number of amides is 1. The van der Waals surface area contributed by atoms with Crippen LogP contribution >= 0.6 is 0 Å². The van der Waals surface area contributed by atoms with E-state index >= 15 is 0 Å². The van der Waals surface area contributed by atoms with Crippen molar-refractivity contribution in [3.63, 3.8) is 0 Å². The molecule has 0 bridgehead atoms. The maximum absolute atomic E-state index is 12.4. The average molecular weight is 292 g/mol. The molecule has 0 radical (unpaired) electrons. The molecule has 2 aliphatic rings. The summed E-state index contributed by atoms with van der Waals surface area (Å²) in [7, 11) is 1.75. The van der Waals surface area contributed by atoms with Gasteiger partial charge in [0.25, 0.3) is 0 Å². The van der Waals surface area contributed by atoms with Gasteiger partial charge in [0, 0.05) is 20.1 Å². The van der Waals surface area contributed by atoms with Gasteiger partial charge in [-0.05, 0) is 18.8 Å². The summed E-state index contributed by atoms with van der Waals surface area (Å²) in [5, 5.41) is 17.2. The number of aromatic nitrogens is 3. The molecule has 3 rings (SSSR count). The van der Waals surface area contributed by atoms with E-state index < -0.39 is 11.4 Å². The van der Waals surface area contributed by atoms with Crippen LogP contribution in [-0.2, 0) is 23.1 Å². The van der Waals surface area contributed by atoms with Crippen molar-refractivity contribution in [3.8, 4) is 0 Å². The highest BCUT2D eigenvalue weighted by Gasteiger charge is 2.54. The quantitative estimate of drug-likeness (QED) is 0.874. The number of likely N-dealkylation sites (tertiary alicyclic amines) is 1. The highest BCUT2D eigenvalue weighted by molar-refractivity contribution is 5.82. The zero-order chi connectivity index (χ0) is 15.0. The average Bonchev–Trinajstić information content (AvgIpc) is 3.03. The molecule has 1 N–H and O–H groups in total. The predicted molar refractivity (Wildman–Crippen MR) is 73.3 cm³/mol. The molecule has 1 aromatic rings. The summed E-state index contributed by atoms with van der Waals surface area (Å²) in [6.45, 7) is 0.910. The minimum Gasteiger partial charge on any atom is -0.481 e. The van der Waals surface area contributed by atoms with Crippen LogP contribution in [-0.4, -0.2) is 50.0 Å². The summed E-state index contributed by atoms with van der Waals surface area (Å²) < 4.78 is 1.58. The first-order valence-electron chi connectivity index (χ1n) is 7.37. The third-order valence-electron chi connectivity index (χ3n) is 5.04. The van der Waals surface area contributed by atoms with Gasteiger partial charge < -0.3 is 10.0 Å². The van der Waals surface area contributed by atoms with Crippen molar-refractivity contribution >= 4 is 11.9 Å². The Labute approximate surface area is 122 Å². The molecule has 1 amide bonds. The van der Waals surface area contributed by atoms with Crippen molar-refractivity contribution in [3.05, 3.63) is 11.9 Å². The van der Waals surface area contributed by atoms with E-state index in [1.165, 1.54) is 0 Å². The molecular weight excluding hydrogens is 272 g/mol. The number of aryl methyl sites for hydroxylation is 1. The van der Waals surface area contributed by atoms with Gasteiger partial charge in [-0.1, -0.05) is 18.1 Å². The number of carboxylic acids is 1. The normalized spacial score (nSPS) is 28.4. The minimum absolute atomic E-state index is 0.0320. The van der Waals surface area contributed by atoms with Crippen molar-refractivity contribution < 1.29 is 14.7 Å². The van der Waals surface area contributed by atoms with E-state index in [4.69, 9.17) is 0 Å². The number of aliphatic carboxylic acids is 1. The molecule has 1 saturated carbocycles. The number of hydrogen-bond donors (Lipinski definition) is 1. The summed E-state index contributed by atoms with van der Waals surface area (Å²) in [5.41, 5.74) is 0.0257. The van der Waals surface area contributed by atoms with Gasteiger partial charge >= 0.3 is 5.97 Å². The number of fused-ring (bicyclic) bond motifs is 1. The van der Waals surface area contributed by atoms with Gasteiger partial charge in [0.05, 0.1) is 23.7 Å². The summed E-state index contributed by atoms with van der Waals surface area (Å²) in [6, 6.07) is 0. The lowest BCUT2D eigenvalue weighted by Crippen LogP contribution is -2.41. The Morgan fingerprint density at radius 2 is 2.29 bits per heavy atom. The Kier molecular flexibility index (Phi) is 3.43. The summed E-state index contributed by atoms with van der Waals surface area (Å²) in [6.07, 6.45) is 5.40. The molecular formula is C14H20N4O3. The second-order valence-corrected chi connectivity index (χ2v) is 6.20. The molecule has 2 atom stereocenters. The largest absolute Gasteiger partial charge is 0.481 e. The van der Waals surface area contributed by atoms with E-state index in [2.05, 4.69) is 10.3 Å². The molecule has 1 aromatic heterocycles. The fraction of sp³-hybridized carbons (Fsp3) is 0.714. The van der Waals surface area contributed by atoms with Gasteiger partial charge in [0.15, 0.2) is 0 Å². The minimum atomic E-state index is -0.746. The van der Waals surface area contributed by atoms with Gasteiger partial charge in [-0.2, -0.15) is 0 Å². The Bertz CT molecular complexity index is 570. The molecule has 21 heavy (non-hydrogen) atoms. The smallest absolute Gasteiger partial charge is 0.311 e. The lowest BCUT2D eigenvalue weighted by molar-refractivity contribution is -0.152. The first-order chi connectivity index (χ1) is 10.0. The Hall–Kier alpha value is -1.92. The zero-order valence-corrected chi connectivity index (χ0v) is 12.2. The lowest BCUT2D eigenvalue weighted by atomic mass is 9.68. The van der Waals surface area contributed by atoms with Crippen molar-refractivity contribution in [2.75, 3.05) is 13.1 Å². The van der Waals surface area contributed by atoms with E-state index in [0.717, 1.165) is 25.0 Å². The Morgan fingerprint density at radius 1 is 1.48 bits per heavy atom. The fourth-order valence-electron chi connectivity index (χ4n) is 3.73. The van der Waals surface area contributed by atoms with Crippen LogP contribution in [0.25, 0.3) is 0 Å². The van der Waals surface area contributed by atoms with Crippen LogP contribution < -0.4 is 0 Å². The van der Waals surface area contributed by atoms with Gasteiger partial charge in [0.1, 0.15) is 0 Å². The van der Waals surface area contributed by atoms with E-state index in [1.807, 2.05) is 0 Å². The summed E-state index contributed by atoms with van der Waals surface area (Å²) >= 11 is 0.